The highest BCUT2D eigenvalue weighted by Crippen LogP contribution is 2.23. The van der Waals surface area contributed by atoms with Gasteiger partial charge in [0, 0.05) is 32.5 Å². The largest absolute Gasteiger partial charge is 0.393 e. The number of morpholine rings is 1. The molecule has 21 heavy (non-hydrogen) atoms. The van der Waals surface area contributed by atoms with Crippen molar-refractivity contribution in [3.05, 3.63) is 35.4 Å². The van der Waals surface area contributed by atoms with Gasteiger partial charge in [0.15, 0.2) is 0 Å². The number of hydrogen-bond donors (Lipinski definition) is 2. The fourth-order valence-corrected chi connectivity index (χ4v) is 2.72. The van der Waals surface area contributed by atoms with E-state index in [1.807, 2.05) is 6.92 Å². The number of aryl methyl sites for hydroxylation is 1. The Balaban J connectivity index is 2.02. The lowest BCUT2D eigenvalue weighted by atomic mass is 9.92. The molecule has 0 aromatic heterocycles. The topological polar surface area (TPSA) is 75.8 Å². The second-order valence-corrected chi connectivity index (χ2v) is 5.84. The summed E-state index contributed by atoms with van der Waals surface area (Å²) < 4.78 is 5.88. The Kier molecular flexibility index (Phi) is 5.33. The van der Waals surface area contributed by atoms with Crippen LogP contribution in [0.15, 0.2) is 24.3 Å². The Labute approximate surface area is 125 Å². The lowest BCUT2D eigenvalue weighted by molar-refractivity contribution is -0.134. The molecule has 1 amide bonds. The van der Waals surface area contributed by atoms with Crippen LogP contribution in [0.4, 0.5) is 0 Å². The monoisotopic (exact) mass is 292 g/mol. The maximum absolute atomic E-state index is 10.9. The average molecular weight is 292 g/mol. The number of aliphatic hydroxyl groups is 1. The molecule has 1 heterocycles. The van der Waals surface area contributed by atoms with E-state index in [9.17, 15) is 9.90 Å². The van der Waals surface area contributed by atoms with Crippen LogP contribution in [0.2, 0.25) is 0 Å². The van der Waals surface area contributed by atoms with Gasteiger partial charge in [0.2, 0.25) is 5.91 Å². The second kappa shape index (κ2) is 7.02. The van der Waals surface area contributed by atoms with Crippen molar-refractivity contribution in [3.63, 3.8) is 0 Å². The van der Waals surface area contributed by atoms with E-state index in [-0.39, 0.29) is 12.5 Å². The van der Waals surface area contributed by atoms with Gasteiger partial charge in [-0.05, 0) is 12.5 Å². The van der Waals surface area contributed by atoms with Crippen LogP contribution in [0.5, 0.6) is 0 Å². The van der Waals surface area contributed by atoms with E-state index < -0.39 is 5.60 Å². The molecule has 1 aromatic carbocycles. The van der Waals surface area contributed by atoms with Crippen LogP contribution in [0.25, 0.3) is 0 Å². The predicted molar refractivity (Wildman–Crippen MR) is 80.9 cm³/mol. The molecular formula is C16H24N2O3. The second-order valence-electron chi connectivity index (χ2n) is 5.84. The first-order valence-corrected chi connectivity index (χ1v) is 7.34. The van der Waals surface area contributed by atoms with Crippen molar-refractivity contribution < 1.29 is 14.6 Å². The predicted octanol–water partition coefficient (Wildman–Crippen LogP) is 0.476. The smallest absolute Gasteiger partial charge is 0.218 e. The zero-order valence-corrected chi connectivity index (χ0v) is 12.5. The minimum Gasteiger partial charge on any atom is -0.393 e. The quantitative estimate of drug-likeness (QED) is 0.799. The minimum absolute atomic E-state index is 0.0338. The fourth-order valence-electron chi connectivity index (χ4n) is 2.72. The summed E-state index contributed by atoms with van der Waals surface area (Å²) in [5, 5.41) is 9.81. The maximum Gasteiger partial charge on any atom is 0.218 e. The van der Waals surface area contributed by atoms with Crippen LogP contribution < -0.4 is 5.73 Å². The van der Waals surface area contributed by atoms with Crippen LogP contribution in [0.3, 0.4) is 0 Å². The van der Waals surface area contributed by atoms with Crippen LogP contribution in [0, 0.1) is 6.92 Å². The van der Waals surface area contributed by atoms with Crippen molar-refractivity contribution in [2.45, 2.75) is 25.4 Å². The third-order valence-electron chi connectivity index (χ3n) is 3.94. The highest BCUT2D eigenvalue weighted by Gasteiger charge is 2.36. The van der Waals surface area contributed by atoms with Gasteiger partial charge in [-0.25, -0.2) is 0 Å². The molecular weight excluding hydrogens is 268 g/mol. The molecule has 2 rings (SSSR count). The standard InChI is InChI=1S/C16H24N2O3/c1-13-2-4-14(5-3-13)10-16(12-19)11-18(8-9-21-16)7-6-15(17)20/h2-5,19H,6-12H2,1H3,(H2,17,20)/t16-/m1/s1. The van der Waals surface area contributed by atoms with Crippen molar-refractivity contribution in [1.82, 2.24) is 4.90 Å². The molecule has 3 N–H and O–H groups in total. The Bertz CT molecular complexity index is 475. The van der Waals surface area contributed by atoms with Crippen molar-refractivity contribution >= 4 is 5.91 Å². The van der Waals surface area contributed by atoms with Crippen molar-refractivity contribution in [1.29, 1.82) is 0 Å². The first-order chi connectivity index (χ1) is 10.0. The number of primary amides is 1. The highest BCUT2D eigenvalue weighted by molar-refractivity contribution is 5.73. The first kappa shape index (κ1) is 15.9. The normalized spacial score (nSPS) is 23.1. The molecule has 5 nitrogen and oxygen atoms in total. The number of carbonyl (C=O) groups is 1. The number of rotatable bonds is 6. The van der Waals surface area contributed by atoms with Gasteiger partial charge in [0.25, 0.3) is 0 Å². The number of aliphatic hydroxyl groups excluding tert-OH is 1. The Morgan fingerprint density at radius 3 is 2.76 bits per heavy atom. The van der Waals surface area contributed by atoms with Crippen molar-refractivity contribution in [2.75, 3.05) is 32.8 Å². The molecule has 0 spiro atoms. The summed E-state index contributed by atoms with van der Waals surface area (Å²) in [6, 6.07) is 8.26. The summed E-state index contributed by atoms with van der Waals surface area (Å²) in [5.41, 5.74) is 6.97. The summed E-state index contributed by atoms with van der Waals surface area (Å²) in [6.07, 6.45) is 1.00. The van der Waals surface area contributed by atoms with E-state index in [0.29, 0.717) is 32.5 Å². The van der Waals surface area contributed by atoms with Crippen LogP contribution >= 0.6 is 0 Å². The summed E-state index contributed by atoms with van der Waals surface area (Å²) in [6.45, 7) is 4.58. The number of amides is 1. The molecule has 116 valence electrons. The Hall–Kier alpha value is -1.43. The van der Waals surface area contributed by atoms with E-state index >= 15 is 0 Å². The zero-order chi connectivity index (χ0) is 15.3. The lowest BCUT2D eigenvalue weighted by Crippen LogP contribution is -2.55. The van der Waals surface area contributed by atoms with E-state index in [0.717, 1.165) is 12.1 Å². The minimum atomic E-state index is -0.592. The van der Waals surface area contributed by atoms with Gasteiger partial charge in [-0.1, -0.05) is 29.8 Å². The summed E-state index contributed by atoms with van der Waals surface area (Å²) in [4.78, 5) is 13.0. The lowest BCUT2D eigenvalue weighted by Gasteiger charge is -2.42. The van der Waals surface area contributed by atoms with E-state index in [2.05, 4.69) is 29.2 Å². The number of ether oxygens (including phenoxy) is 1. The highest BCUT2D eigenvalue weighted by atomic mass is 16.5. The number of benzene rings is 1. The molecule has 1 saturated heterocycles. The summed E-state index contributed by atoms with van der Waals surface area (Å²) in [5.74, 6) is -0.297. The third kappa shape index (κ3) is 4.52. The van der Waals surface area contributed by atoms with Gasteiger partial charge in [0.05, 0.1) is 13.2 Å². The van der Waals surface area contributed by atoms with Gasteiger partial charge in [-0.3, -0.25) is 9.69 Å². The SMILES string of the molecule is Cc1ccc(C[C@]2(CO)CN(CCC(N)=O)CCO2)cc1. The third-order valence-corrected chi connectivity index (χ3v) is 3.94. The van der Waals surface area contributed by atoms with Gasteiger partial charge >= 0.3 is 0 Å². The van der Waals surface area contributed by atoms with E-state index in [4.69, 9.17) is 10.5 Å². The average Bonchev–Trinajstić information content (AvgIpc) is 2.48. The molecule has 1 aliphatic rings. The maximum atomic E-state index is 10.9. The molecule has 0 aliphatic carbocycles. The van der Waals surface area contributed by atoms with Crippen molar-refractivity contribution in [2.24, 2.45) is 5.73 Å². The summed E-state index contributed by atoms with van der Waals surface area (Å²) >= 11 is 0. The number of hydrogen-bond acceptors (Lipinski definition) is 4. The fraction of sp³-hybridized carbons (Fsp3) is 0.562. The molecule has 1 fully saturated rings. The van der Waals surface area contributed by atoms with Crippen LogP contribution in [-0.2, 0) is 16.0 Å². The summed E-state index contributed by atoms with van der Waals surface area (Å²) in [7, 11) is 0. The molecule has 0 unspecified atom stereocenters. The van der Waals surface area contributed by atoms with Gasteiger partial charge in [0.1, 0.15) is 5.60 Å². The van der Waals surface area contributed by atoms with E-state index in [1.165, 1.54) is 5.56 Å². The molecule has 1 aliphatic heterocycles. The van der Waals surface area contributed by atoms with Crippen LogP contribution in [-0.4, -0.2) is 54.4 Å². The van der Waals surface area contributed by atoms with Crippen LogP contribution in [0.1, 0.15) is 17.5 Å². The number of nitrogens with zero attached hydrogens (tertiary/aromatic N) is 1. The molecule has 0 radical (unpaired) electrons. The number of nitrogens with two attached hydrogens (primary N) is 1. The van der Waals surface area contributed by atoms with Crippen molar-refractivity contribution in [3.8, 4) is 0 Å². The Morgan fingerprint density at radius 1 is 1.43 bits per heavy atom. The van der Waals surface area contributed by atoms with Gasteiger partial charge in [-0.2, -0.15) is 0 Å². The molecule has 1 atom stereocenters. The molecule has 1 aromatic rings. The molecule has 5 heteroatoms. The van der Waals surface area contributed by atoms with E-state index in [1.54, 1.807) is 0 Å². The van der Waals surface area contributed by atoms with Gasteiger partial charge in [-0.15, -0.1) is 0 Å². The first-order valence-electron chi connectivity index (χ1n) is 7.34. The van der Waals surface area contributed by atoms with Gasteiger partial charge < -0.3 is 15.6 Å². The molecule has 0 bridgehead atoms. The molecule has 0 saturated carbocycles. The number of carbonyl (C=O) groups excluding carboxylic acids is 1. The zero-order valence-electron chi connectivity index (χ0n) is 12.5. The Morgan fingerprint density at radius 2 is 2.14 bits per heavy atom.